The fourth-order valence-corrected chi connectivity index (χ4v) is 3.06. The number of rotatable bonds is 4. The highest BCUT2D eigenvalue weighted by atomic mass is 16.6. The van der Waals surface area contributed by atoms with Crippen molar-refractivity contribution >= 4 is 12.0 Å². The van der Waals surface area contributed by atoms with Crippen molar-refractivity contribution in [2.75, 3.05) is 20.2 Å². The molecule has 26 heavy (non-hydrogen) atoms. The van der Waals surface area contributed by atoms with Crippen LogP contribution in [-0.4, -0.2) is 65.6 Å². The second kappa shape index (κ2) is 7.99. The maximum Gasteiger partial charge on any atom is 0.407 e. The number of amides is 2. The molecule has 2 aliphatic rings. The molecule has 142 valence electrons. The summed E-state index contributed by atoms with van der Waals surface area (Å²) >= 11 is 0. The number of carbonyl (C=O) groups excluding carboxylic acids is 2. The molecule has 7 nitrogen and oxygen atoms in total. The molecule has 0 radical (unpaired) electrons. The molecule has 7 heteroatoms. The zero-order valence-electron chi connectivity index (χ0n) is 15.7. The van der Waals surface area contributed by atoms with Crippen LogP contribution in [0.2, 0.25) is 0 Å². The number of nitrogens with one attached hydrogen (secondary N) is 1. The Morgan fingerprint density at radius 1 is 1.35 bits per heavy atom. The van der Waals surface area contributed by atoms with Crippen molar-refractivity contribution in [3.05, 3.63) is 0 Å². The lowest BCUT2D eigenvalue weighted by Crippen LogP contribution is -2.78. The van der Waals surface area contributed by atoms with Crippen LogP contribution in [0.5, 0.6) is 0 Å². The van der Waals surface area contributed by atoms with Crippen LogP contribution in [0.25, 0.3) is 0 Å². The summed E-state index contributed by atoms with van der Waals surface area (Å²) < 4.78 is 10.6. The number of hydrogen-bond acceptors (Lipinski definition) is 5. The molecule has 0 aromatic rings. The van der Waals surface area contributed by atoms with E-state index in [0.29, 0.717) is 12.8 Å². The molecule has 2 N–H and O–H groups in total. The summed E-state index contributed by atoms with van der Waals surface area (Å²) in [6.45, 7) is 5.74. The van der Waals surface area contributed by atoms with E-state index in [1.807, 2.05) is 0 Å². The van der Waals surface area contributed by atoms with Crippen LogP contribution in [0.3, 0.4) is 0 Å². The van der Waals surface area contributed by atoms with Gasteiger partial charge in [-0.05, 0) is 20.8 Å². The molecular weight excluding hydrogens is 336 g/mol. The monoisotopic (exact) mass is 362 g/mol. The first kappa shape index (κ1) is 20.1. The SMILES string of the molecule is CO[C@]12CC#CCCC#C[C@@H](O)[C@@H]1N(CCNC(=O)OC(C)(C)C)C2=O. The van der Waals surface area contributed by atoms with Gasteiger partial charge in [0.1, 0.15) is 17.7 Å². The Morgan fingerprint density at radius 3 is 2.69 bits per heavy atom. The zero-order chi connectivity index (χ0) is 19.4. The third kappa shape index (κ3) is 4.30. The number of β-lactam (4-membered cyclic amide) rings is 1. The average molecular weight is 362 g/mol. The molecule has 1 saturated heterocycles. The van der Waals surface area contributed by atoms with Crippen LogP contribution in [0.4, 0.5) is 4.79 Å². The van der Waals surface area contributed by atoms with Gasteiger partial charge in [0.05, 0.1) is 0 Å². The van der Waals surface area contributed by atoms with Crippen molar-refractivity contribution in [3.63, 3.8) is 0 Å². The van der Waals surface area contributed by atoms with Crippen molar-refractivity contribution in [2.24, 2.45) is 0 Å². The van der Waals surface area contributed by atoms with Gasteiger partial charge < -0.3 is 24.8 Å². The minimum absolute atomic E-state index is 0.197. The molecule has 0 bridgehead atoms. The zero-order valence-corrected chi connectivity index (χ0v) is 15.7. The van der Waals surface area contributed by atoms with E-state index in [1.165, 1.54) is 12.0 Å². The second-order valence-electron chi connectivity index (χ2n) is 7.26. The number of alkyl carbamates (subject to hydrolysis) is 1. The summed E-state index contributed by atoms with van der Waals surface area (Å²) in [5, 5.41) is 13.1. The summed E-state index contributed by atoms with van der Waals surface area (Å²) in [6, 6.07) is -0.625. The van der Waals surface area contributed by atoms with E-state index >= 15 is 0 Å². The van der Waals surface area contributed by atoms with Gasteiger partial charge >= 0.3 is 6.09 Å². The standard InChI is InChI=1S/C19H26N2O5/c1-18(2,3)26-17(24)20-12-13-21-15-14(22)10-8-6-5-7-9-11-19(15,25-4)16(21)23/h14-15,22H,5-6,11-13H2,1-4H3,(H,20,24)/t14-,15+,19-/m1/s1. The smallest absolute Gasteiger partial charge is 0.407 e. The summed E-state index contributed by atoms with van der Waals surface area (Å²) in [5.74, 6) is 11.3. The van der Waals surface area contributed by atoms with Gasteiger partial charge in [0.2, 0.25) is 0 Å². The maximum atomic E-state index is 12.7. The summed E-state index contributed by atoms with van der Waals surface area (Å²) in [5.41, 5.74) is -1.78. The Hall–Kier alpha value is -2.22. The molecule has 0 unspecified atom stereocenters. The Labute approximate surface area is 154 Å². The Kier molecular flexibility index (Phi) is 6.17. The van der Waals surface area contributed by atoms with Crippen LogP contribution in [0.1, 0.15) is 40.0 Å². The fraction of sp³-hybridized carbons (Fsp3) is 0.684. The van der Waals surface area contributed by atoms with Crippen molar-refractivity contribution in [3.8, 4) is 23.7 Å². The maximum absolute atomic E-state index is 12.7. The van der Waals surface area contributed by atoms with Crippen LogP contribution >= 0.6 is 0 Å². The van der Waals surface area contributed by atoms with Crippen LogP contribution in [0, 0.1) is 23.7 Å². The van der Waals surface area contributed by atoms with E-state index in [9.17, 15) is 14.7 Å². The molecule has 1 aliphatic heterocycles. The quantitative estimate of drug-likeness (QED) is 0.567. The van der Waals surface area contributed by atoms with E-state index in [0.717, 1.165) is 0 Å². The largest absolute Gasteiger partial charge is 0.444 e. The molecule has 1 heterocycles. The minimum Gasteiger partial charge on any atom is -0.444 e. The first-order valence-corrected chi connectivity index (χ1v) is 8.66. The highest BCUT2D eigenvalue weighted by Gasteiger charge is 2.63. The van der Waals surface area contributed by atoms with E-state index in [4.69, 9.17) is 9.47 Å². The molecule has 2 rings (SSSR count). The number of fused-ring (bicyclic) bond motifs is 1. The lowest BCUT2D eigenvalue weighted by Gasteiger charge is -2.55. The van der Waals surface area contributed by atoms with Gasteiger partial charge in [-0.1, -0.05) is 17.8 Å². The summed E-state index contributed by atoms with van der Waals surface area (Å²) in [6.07, 6.45) is -0.205. The van der Waals surface area contributed by atoms with E-state index in [-0.39, 0.29) is 25.4 Å². The Morgan fingerprint density at radius 2 is 2.04 bits per heavy atom. The van der Waals surface area contributed by atoms with Crippen molar-refractivity contribution in [2.45, 2.75) is 63.4 Å². The van der Waals surface area contributed by atoms with Gasteiger partial charge in [-0.2, -0.15) is 0 Å². The molecule has 1 fully saturated rings. The van der Waals surface area contributed by atoms with Gasteiger partial charge in [-0.3, -0.25) is 4.79 Å². The van der Waals surface area contributed by atoms with Gasteiger partial charge in [0.15, 0.2) is 5.60 Å². The summed E-state index contributed by atoms with van der Waals surface area (Å²) in [4.78, 5) is 25.9. The van der Waals surface area contributed by atoms with Crippen molar-refractivity contribution < 1.29 is 24.2 Å². The van der Waals surface area contributed by atoms with Gasteiger partial charge in [0.25, 0.3) is 5.91 Å². The average Bonchev–Trinajstić information content (AvgIpc) is 2.55. The summed E-state index contributed by atoms with van der Waals surface area (Å²) in [7, 11) is 1.44. The normalized spacial score (nSPS) is 27.7. The molecular formula is C19H26N2O5. The van der Waals surface area contributed by atoms with Crippen LogP contribution < -0.4 is 5.32 Å². The third-order valence-corrected chi connectivity index (χ3v) is 4.22. The predicted octanol–water partition coefficient (Wildman–Crippen LogP) is 0.659. The molecule has 2 amide bonds. The molecule has 0 aromatic heterocycles. The number of aliphatic hydroxyl groups excluding tert-OH is 1. The van der Waals surface area contributed by atoms with Crippen molar-refractivity contribution in [1.29, 1.82) is 0 Å². The number of likely N-dealkylation sites (tertiary alicyclic amines) is 1. The molecule has 0 aromatic carbocycles. The lowest BCUT2D eigenvalue weighted by molar-refractivity contribution is -0.206. The number of hydrogen-bond donors (Lipinski definition) is 2. The fourth-order valence-electron chi connectivity index (χ4n) is 3.06. The van der Waals surface area contributed by atoms with E-state index in [1.54, 1.807) is 20.8 Å². The molecule has 0 spiro atoms. The van der Waals surface area contributed by atoms with Crippen LogP contribution in [-0.2, 0) is 14.3 Å². The first-order valence-electron chi connectivity index (χ1n) is 8.66. The predicted molar refractivity (Wildman–Crippen MR) is 94.9 cm³/mol. The minimum atomic E-state index is -1.19. The lowest BCUT2D eigenvalue weighted by atomic mass is 9.76. The molecule has 1 aliphatic carbocycles. The number of nitrogens with zero attached hydrogens (tertiary/aromatic N) is 1. The molecule has 3 atom stereocenters. The second-order valence-corrected chi connectivity index (χ2v) is 7.26. The number of carbonyl (C=O) groups is 2. The van der Waals surface area contributed by atoms with Gasteiger partial charge in [-0.15, -0.1) is 5.92 Å². The van der Waals surface area contributed by atoms with Crippen LogP contribution in [0.15, 0.2) is 0 Å². The topological polar surface area (TPSA) is 88.1 Å². The van der Waals surface area contributed by atoms with Crippen molar-refractivity contribution in [1.82, 2.24) is 10.2 Å². The van der Waals surface area contributed by atoms with E-state index < -0.39 is 29.4 Å². The Bertz CT molecular complexity index is 676. The number of methoxy groups -OCH3 is 1. The van der Waals surface area contributed by atoms with Gasteiger partial charge in [-0.25, -0.2) is 4.79 Å². The van der Waals surface area contributed by atoms with E-state index in [2.05, 4.69) is 29.0 Å². The highest BCUT2D eigenvalue weighted by molar-refractivity contribution is 5.94. The number of ether oxygens (including phenoxy) is 2. The Balaban J connectivity index is 2.04. The number of aliphatic hydroxyl groups is 1. The molecule has 0 saturated carbocycles. The van der Waals surface area contributed by atoms with Gasteiger partial charge in [0, 0.05) is 39.5 Å². The first-order chi connectivity index (χ1) is 12.2. The highest BCUT2D eigenvalue weighted by Crippen LogP contribution is 2.38. The third-order valence-electron chi connectivity index (χ3n) is 4.22.